The molecule has 0 heterocycles. The van der Waals surface area contributed by atoms with Crippen LogP contribution in [0.5, 0.6) is 0 Å². The molecular formula is C29H54NPTi. The maximum atomic E-state index is 5.51. The third kappa shape index (κ3) is 19.4. The van der Waals surface area contributed by atoms with Crippen molar-refractivity contribution in [2.24, 2.45) is 4.74 Å². The third-order valence-corrected chi connectivity index (χ3v) is 10.00. The van der Waals surface area contributed by atoms with E-state index in [1.807, 2.05) is 38.2 Å². The number of unbranched alkanes of at least 4 members (excludes halogenated alkanes) is 9. The molecule has 1 nitrogen and oxygen atoms in total. The first-order valence-corrected chi connectivity index (χ1v) is 15.7. The number of hydrogen-bond donors (Lipinski definition) is 0. The molecule has 32 heavy (non-hydrogen) atoms. The summed E-state index contributed by atoms with van der Waals surface area (Å²) in [5.74, 6) is 0. The molecule has 0 aromatic rings. The van der Waals surface area contributed by atoms with Crippen LogP contribution in [0.4, 0.5) is 0 Å². The molecule has 0 N–H and O–H groups in total. The summed E-state index contributed by atoms with van der Waals surface area (Å²) in [6.45, 7) is 11.0. The van der Waals surface area contributed by atoms with E-state index >= 15 is 0 Å². The van der Waals surface area contributed by atoms with Crippen LogP contribution in [0.3, 0.4) is 0 Å². The molecule has 0 amide bonds. The van der Waals surface area contributed by atoms with E-state index in [4.69, 9.17) is 4.74 Å². The second-order valence-electron chi connectivity index (χ2n) is 8.89. The van der Waals surface area contributed by atoms with Gasteiger partial charge < -0.3 is 0 Å². The maximum absolute atomic E-state index is 5.51. The van der Waals surface area contributed by atoms with Gasteiger partial charge in [-0.1, -0.05) is 115 Å². The van der Waals surface area contributed by atoms with Crippen molar-refractivity contribution in [1.82, 2.24) is 0 Å². The molecule has 1 aliphatic rings. The zero-order valence-corrected chi connectivity index (χ0v) is 24.7. The third-order valence-electron chi connectivity index (χ3n) is 5.87. The fraction of sp³-hybridized carbons (Fsp3) is 0.724. The zero-order valence-electron chi connectivity index (χ0n) is 22.2. The van der Waals surface area contributed by atoms with E-state index in [2.05, 4.69) is 39.0 Å². The van der Waals surface area contributed by atoms with Gasteiger partial charge in [-0.25, -0.2) is 0 Å². The monoisotopic (exact) mass is 495 g/mol. The Kier molecular flexibility index (Phi) is 27.2. The fourth-order valence-corrected chi connectivity index (χ4v) is 8.09. The number of rotatable bonds is 17. The van der Waals surface area contributed by atoms with E-state index in [0.29, 0.717) is 0 Å². The van der Waals surface area contributed by atoms with Crippen molar-refractivity contribution in [2.45, 2.75) is 118 Å². The van der Waals surface area contributed by atoms with E-state index in [9.17, 15) is 0 Å². The van der Waals surface area contributed by atoms with Crippen molar-refractivity contribution >= 4 is 7.05 Å². The molecule has 0 radical (unpaired) electrons. The van der Waals surface area contributed by atoms with Gasteiger partial charge in [0.2, 0.25) is 0 Å². The van der Waals surface area contributed by atoms with E-state index in [1.165, 1.54) is 101 Å². The van der Waals surface area contributed by atoms with E-state index in [1.54, 1.807) is 0 Å². The summed E-state index contributed by atoms with van der Waals surface area (Å²) in [4.78, 5) is 0. The van der Waals surface area contributed by atoms with Crippen LogP contribution in [0.2, 0.25) is 0 Å². The Morgan fingerprint density at radius 2 is 1.16 bits per heavy atom. The van der Waals surface area contributed by atoms with Gasteiger partial charge in [0, 0.05) is 33.8 Å². The summed E-state index contributed by atoms with van der Waals surface area (Å²) >= 11 is 0. The molecule has 1 aliphatic carbocycles. The van der Waals surface area contributed by atoms with Gasteiger partial charge in [-0.3, -0.25) is 4.74 Å². The topological polar surface area (TPSA) is 12.4 Å². The molecule has 0 aliphatic heterocycles. The van der Waals surface area contributed by atoms with E-state index in [-0.39, 0.29) is 21.7 Å². The first kappa shape index (κ1) is 34.1. The maximum Gasteiger partial charge on any atom is 0.0425 e. The summed E-state index contributed by atoms with van der Waals surface area (Å²) < 4.78 is 5.51. The zero-order chi connectivity index (χ0) is 23.0. The van der Waals surface area contributed by atoms with Gasteiger partial charge in [0.1, 0.15) is 0 Å². The van der Waals surface area contributed by atoms with Crippen LogP contribution >= 0.6 is 7.05 Å². The Labute approximate surface area is 217 Å². The minimum atomic E-state index is -1.15. The van der Waals surface area contributed by atoms with Crippen LogP contribution in [0.1, 0.15) is 118 Å². The Bertz CT molecular complexity index is 524. The molecule has 0 bridgehead atoms. The van der Waals surface area contributed by atoms with Gasteiger partial charge in [-0.15, -0.1) is 0 Å². The first-order valence-electron chi connectivity index (χ1n) is 13.4. The second kappa shape index (κ2) is 25.5. The fourth-order valence-electron chi connectivity index (χ4n) is 3.99. The number of nitrogens with zero attached hydrogens (tertiary/aromatic N) is 1. The van der Waals surface area contributed by atoms with E-state index < -0.39 is 7.05 Å². The van der Waals surface area contributed by atoms with E-state index in [0.717, 1.165) is 6.42 Å². The van der Waals surface area contributed by atoms with Gasteiger partial charge in [0.25, 0.3) is 0 Å². The van der Waals surface area contributed by atoms with Crippen molar-refractivity contribution in [3.05, 3.63) is 48.2 Å². The average Bonchev–Trinajstić information content (AvgIpc) is 3.29. The summed E-state index contributed by atoms with van der Waals surface area (Å²) in [5.41, 5.74) is 1.38. The Balaban J connectivity index is 0. The molecule has 0 spiro atoms. The van der Waals surface area contributed by atoms with Crippen LogP contribution < -0.4 is 0 Å². The summed E-state index contributed by atoms with van der Waals surface area (Å²) in [6, 6.07) is 0. The van der Waals surface area contributed by atoms with Crippen molar-refractivity contribution in [2.75, 3.05) is 18.5 Å². The number of hydrogen-bond acceptors (Lipinski definition) is 1. The Morgan fingerprint density at radius 1 is 0.719 bits per heavy atom. The normalized spacial score (nSPS) is 13.2. The predicted octanol–water partition coefficient (Wildman–Crippen LogP) is 10.9. The quantitative estimate of drug-likeness (QED) is 0.0823. The molecule has 0 aromatic carbocycles. The van der Waals surface area contributed by atoms with Gasteiger partial charge in [0.15, 0.2) is 0 Å². The van der Waals surface area contributed by atoms with Crippen molar-refractivity contribution in [3.63, 3.8) is 0 Å². The van der Waals surface area contributed by atoms with Gasteiger partial charge in [-0.2, -0.15) is 0 Å². The molecule has 1 rings (SSSR count). The van der Waals surface area contributed by atoms with Crippen molar-refractivity contribution in [1.29, 1.82) is 0 Å². The summed E-state index contributed by atoms with van der Waals surface area (Å²) in [6.07, 6.45) is 36.8. The average molecular weight is 496 g/mol. The largest absolute Gasteiger partial charge is 0.272 e. The predicted molar refractivity (Wildman–Crippen MR) is 148 cm³/mol. The standard InChI is InChI=1S/C23H44NP.C6H10.Ti/c1-4-7-10-15-20-25(21-16-11-8-5-2,22-17-12-9-6-3)24-23-18-13-14-19-23;1-3-5-6-4-2;/h13-14,18H,4-12,15-17,19-22H2,1-3H3;3-6H,1-2H3;. The Morgan fingerprint density at radius 3 is 1.47 bits per heavy atom. The molecular weight excluding hydrogens is 441 g/mol. The first-order chi connectivity index (χ1) is 15.2. The van der Waals surface area contributed by atoms with Crippen LogP contribution in [-0.4, -0.2) is 18.5 Å². The molecule has 0 aromatic heterocycles. The molecule has 0 unspecified atom stereocenters. The van der Waals surface area contributed by atoms with Gasteiger partial charge in [-0.05, 0) is 64.7 Å². The summed E-state index contributed by atoms with van der Waals surface area (Å²) in [5, 5.41) is 0. The van der Waals surface area contributed by atoms with Crippen LogP contribution in [0.25, 0.3) is 0 Å². The smallest absolute Gasteiger partial charge is 0.0425 e. The van der Waals surface area contributed by atoms with Gasteiger partial charge >= 0.3 is 0 Å². The summed E-state index contributed by atoms with van der Waals surface area (Å²) in [7, 11) is -1.15. The molecule has 0 fully saturated rings. The van der Waals surface area contributed by atoms with Gasteiger partial charge in [0.05, 0.1) is 0 Å². The van der Waals surface area contributed by atoms with Crippen LogP contribution in [0.15, 0.2) is 53.0 Å². The molecule has 184 valence electrons. The minimum absolute atomic E-state index is 0. The molecule has 0 saturated carbocycles. The Hall–Kier alpha value is -0.0957. The second-order valence-corrected chi connectivity index (χ2v) is 12.6. The number of allylic oxidation sites excluding steroid dienone is 7. The SMILES string of the molecule is CC=CC=CC.CCCCCCP(CCCCCC)(CCCCCC)=NC1=CC=CC1.[Ti]. The van der Waals surface area contributed by atoms with Crippen LogP contribution in [-0.2, 0) is 21.7 Å². The van der Waals surface area contributed by atoms with Crippen molar-refractivity contribution in [3.8, 4) is 0 Å². The van der Waals surface area contributed by atoms with Crippen molar-refractivity contribution < 1.29 is 21.7 Å². The molecule has 0 atom stereocenters. The molecule has 0 saturated heterocycles. The van der Waals surface area contributed by atoms with Crippen LogP contribution in [0, 0.1) is 0 Å². The minimum Gasteiger partial charge on any atom is -0.272 e. The molecule has 3 heteroatoms.